The zero-order valence-corrected chi connectivity index (χ0v) is 4.53. The van der Waals surface area contributed by atoms with Gasteiger partial charge < -0.3 is 19.2 Å². The third kappa shape index (κ3) is 176. The van der Waals surface area contributed by atoms with Crippen molar-refractivity contribution in [3.63, 3.8) is 0 Å². The van der Waals surface area contributed by atoms with Gasteiger partial charge in [0.2, 0.25) is 0 Å². The average Bonchev–Trinajstić information content (AvgIpc) is 0.722. The number of hydrogen-bond donors (Lipinski definition) is 4. The first-order valence-electron chi connectivity index (χ1n) is 0.894. The van der Waals surface area contributed by atoms with E-state index in [-0.39, 0.29) is 17.1 Å². The summed E-state index contributed by atoms with van der Waals surface area (Å²) >= 11 is 0. The van der Waals surface area contributed by atoms with Crippen LogP contribution in [0.5, 0.6) is 0 Å². The van der Waals surface area contributed by atoms with Gasteiger partial charge in [-0.2, -0.15) is 0 Å². The number of hydrogen-bond acceptors (Lipinski definition) is 4. The summed E-state index contributed by atoms with van der Waals surface area (Å²) in [6.07, 6.45) is 0. The monoisotopic (exact) mass is 159 g/mol. The molecule has 0 aromatic rings. The van der Waals surface area contributed by atoms with Crippen molar-refractivity contribution in [2.45, 2.75) is 0 Å². The van der Waals surface area contributed by atoms with Crippen LogP contribution in [0, 0.1) is 0 Å². The number of rotatable bonds is 0. The molecule has 0 saturated heterocycles. The van der Waals surface area contributed by atoms with Gasteiger partial charge in [-0.05, 0) is 0 Å². The van der Waals surface area contributed by atoms with Gasteiger partial charge in [-0.3, -0.25) is 0 Å². The minimum absolute atomic E-state index is 0. The average molecular weight is 160 g/mol. The molecule has 0 aromatic carbocycles. The Morgan fingerprint density at radius 1 is 0.833 bits per heavy atom. The Morgan fingerprint density at radius 3 is 0.833 bits per heavy atom. The first kappa shape index (κ1) is 9.76. The Hall–Kier alpha value is 0.576. The van der Waals surface area contributed by atoms with Crippen LogP contribution in [0.15, 0.2) is 0 Å². The van der Waals surface area contributed by atoms with Gasteiger partial charge in [0.25, 0.3) is 0 Å². The summed E-state index contributed by atoms with van der Waals surface area (Å²) in [6, 6.07) is 0. The van der Waals surface area contributed by atoms with E-state index in [1.165, 1.54) is 0 Å². The van der Waals surface area contributed by atoms with Crippen molar-refractivity contribution in [1.29, 1.82) is 0 Å². The molecular weight excluding hydrogens is 156 g/mol. The molecule has 0 spiro atoms. The maximum atomic E-state index is 7.33. The molecule has 0 aliphatic carbocycles. The van der Waals surface area contributed by atoms with Gasteiger partial charge in [-0.1, -0.05) is 0 Å². The van der Waals surface area contributed by atoms with Crippen molar-refractivity contribution in [3.8, 4) is 0 Å². The van der Waals surface area contributed by atoms with E-state index in [4.69, 9.17) is 19.2 Å². The van der Waals surface area contributed by atoms with E-state index in [1.807, 2.05) is 0 Å². The first-order valence-corrected chi connectivity index (χ1v) is 2.68. The second-order valence-electron chi connectivity index (χ2n) is 0.600. The molecule has 6 heteroatoms. The van der Waals surface area contributed by atoms with E-state index >= 15 is 0 Å². The topological polar surface area (TPSA) is 80.9 Å². The van der Waals surface area contributed by atoms with Crippen LogP contribution in [0.3, 0.4) is 0 Å². The molecule has 0 heterocycles. The molecule has 1 radical (unpaired) electrons. The predicted octanol–water partition coefficient (Wildman–Crippen LogP) is -2.61. The van der Waals surface area contributed by atoms with Gasteiger partial charge >= 0.3 is 9.05 Å². The third-order valence-corrected chi connectivity index (χ3v) is 0. The van der Waals surface area contributed by atoms with Gasteiger partial charge in [0, 0.05) is 17.1 Å². The molecule has 0 amide bonds. The van der Waals surface area contributed by atoms with Crippen LogP contribution in [0.2, 0.25) is 0 Å². The van der Waals surface area contributed by atoms with Gasteiger partial charge in [0.1, 0.15) is 0 Å². The maximum absolute atomic E-state index is 7.33. The molecule has 0 atom stereocenters. The van der Waals surface area contributed by atoms with Gasteiger partial charge in [0.05, 0.1) is 0 Å². The van der Waals surface area contributed by atoms with Crippen molar-refractivity contribution in [2.24, 2.45) is 0 Å². The second-order valence-corrected chi connectivity index (χ2v) is 1.80. The van der Waals surface area contributed by atoms with Gasteiger partial charge in [-0.25, -0.2) is 0 Å². The molecular formula is H4CuO4Si. The Morgan fingerprint density at radius 2 is 0.833 bits per heavy atom. The molecule has 4 N–H and O–H groups in total. The fraction of sp³-hybridized carbons (Fsp3) is 0. The molecule has 0 aliphatic rings. The third-order valence-electron chi connectivity index (χ3n) is 0. The van der Waals surface area contributed by atoms with Crippen LogP contribution in [0.1, 0.15) is 0 Å². The smallest absolute Gasteiger partial charge is 0.368 e. The van der Waals surface area contributed by atoms with Crippen molar-refractivity contribution >= 4 is 9.05 Å². The Balaban J connectivity index is 0. The van der Waals surface area contributed by atoms with Crippen LogP contribution >= 0.6 is 0 Å². The molecule has 0 fully saturated rings. The fourth-order valence-electron chi connectivity index (χ4n) is 0. The molecule has 0 bridgehead atoms. The molecule has 0 aromatic heterocycles. The predicted molar refractivity (Wildman–Crippen MR) is 14.6 cm³/mol. The Labute approximate surface area is 46.0 Å². The van der Waals surface area contributed by atoms with Crippen molar-refractivity contribution in [1.82, 2.24) is 0 Å². The first-order chi connectivity index (χ1) is 2.00. The van der Waals surface area contributed by atoms with E-state index < -0.39 is 9.05 Å². The van der Waals surface area contributed by atoms with E-state index in [0.29, 0.717) is 0 Å². The largest absolute Gasteiger partial charge is 0.668 e. The van der Waals surface area contributed by atoms with E-state index in [1.54, 1.807) is 0 Å². The standard InChI is InChI=1S/Cu.H4O4Si/c;1-5(2,3)4/h;1-4H. The SMILES string of the molecule is O[Si](O)(O)O.[Cu]. The van der Waals surface area contributed by atoms with Crippen molar-refractivity contribution in [2.75, 3.05) is 0 Å². The van der Waals surface area contributed by atoms with Crippen LogP contribution in [-0.2, 0) is 17.1 Å². The van der Waals surface area contributed by atoms with E-state index in [0.717, 1.165) is 0 Å². The van der Waals surface area contributed by atoms with Gasteiger partial charge in [-0.15, -0.1) is 0 Å². The molecule has 0 rings (SSSR count). The van der Waals surface area contributed by atoms with E-state index in [9.17, 15) is 0 Å². The zero-order chi connectivity index (χ0) is 4.50. The zero-order valence-electron chi connectivity index (χ0n) is 2.59. The van der Waals surface area contributed by atoms with E-state index in [2.05, 4.69) is 0 Å². The van der Waals surface area contributed by atoms with Crippen molar-refractivity contribution < 1.29 is 36.3 Å². The molecule has 0 unspecified atom stereocenters. The van der Waals surface area contributed by atoms with Crippen LogP contribution in [0.25, 0.3) is 0 Å². The summed E-state index contributed by atoms with van der Waals surface area (Å²) in [5.74, 6) is 0. The Kier molecular flexibility index (Phi) is 4.39. The normalized spacial score (nSPS) is 10.0. The Bertz CT molecular complexity index is 23.0. The minimum atomic E-state index is -4.61. The molecule has 6 heavy (non-hydrogen) atoms. The summed E-state index contributed by atoms with van der Waals surface area (Å²) in [5.41, 5.74) is 0. The molecule has 4 nitrogen and oxygen atoms in total. The quantitative estimate of drug-likeness (QED) is 0.292. The van der Waals surface area contributed by atoms with Crippen LogP contribution < -0.4 is 0 Å². The second kappa shape index (κ2) is 2.70. The summed E-state index contributed by atoms with van der Waals surface area (Å²) in [4.78, 5) is 29.3. The van der Waals surface area contributed by atoms with Gasteiger partial charge in [0.15, 0.2) is 0 Å². The van der Waals surface area contributed by atoms with Crippen LogP contribution in [-0.4, -0.2) is 28.2 Å². The molecule has 43 valence electrons. The summed E-state index contributed by atoms with van der Waals surface area (Å²) in [7, 11) is -4.61. The maximum Gasteiger partial charge on any atom is 0.668 e. The van der Waals surface area contributed by atoms with Crippen molar-refractivity contribution in [3.05, 3.63) is 0 Å². The summed E-state index contributed by atoms with van der Waals surface area (Å²) < 4.78 is 0. The molecule has 0 saturated carbocycles. The summed E-state index contributed by atoms with van der Waals surface area (Å²) in [5, 5.41) is 0. The molecule has 0 aliphatic heterocycles. The fourth-order valence-corrected chi connectivity index (χ4v) is 0. The summed E-state index contributed by atoms with van der Waals surface area (Å²) in [6.45, 7) is 0. The minimum Gasteiger partial charge on any atom is -0.368 e. The van der Waals surface area contributed by atoms with Crippen LogP contribution in [0.4, 0.5) is 0 Å².